The smallest absolute Gasteiger partial charge is 0.423 e. The van der Waals surface area contributed by atoms with Crippen LogP contribution in [0.25, 0.3) is 21.8 Å². The Kier molecular flexibility index (Phi) is 9.88. The van der Waals surface area contributed by atoms with Crippen molar-refractivity contribution in [2.45, 2.75) is 45.7 Å². The van der Waals surface area contributed by atoms with E-state index in [1.165, 1.54) is 5.56 Å². The highest BCUT2D eigenvalue weighted by Crippen LogP contribution is 2.59. The van der Waals surface area contributed by atoms with Gasteiger partial charge in [0, 0.05) is 23.4 Å². The van der Waals surface area contributed by atoms with Crippen LogP contribution in [0.1, 0.15) is 35.6 Å². The van der Waals surface area contributed by atoms with E-state index >= 15 is 0 Å². The minimum Gasteiger partial charge on any atom is -0.491 e. The number of ether oxygens (including phenoxy) is 2. The molecule has 4 rings (SSSR count). The summed E-state index contributed by atoms with van der Waals surface area (Å²) in [5.74, 6) is 1.12. The number of hydrogen-bond donors (Lipinski definition) is 2. The average Bonchev–Trinajstić information content (AvgIpc) is 2.93. The van der Waals surface area contributed by atoms with Crippen LogP contribution < -0.4 is 10.5 Å². The quantitative estimate of drug-likeness (QED) is 0.0573. The summed E-state index contributed by atoms with van der Waals surface area (Å²) in [6.45, 7) is 5.27. The maximum atomic E-state index is 13.3. The van der Waals surface area contributed by atoms with Crippen LogP contribution in [0.4, 0.5) is 14.6 Å². The van der Waals surface area contributed by atoms with Crippen LogP contribution in [0.15, 0.2) is 48.7 Å². The molecule has 0 saturated heterocycles. The predicted molar refractivity (Wildman–Crippen MR) is 153 cm³/mol. The van der Waals surface area contributed by atoms with Crippen LogP contribution in [0.3, 0.4) is 0 Å². The SMILES string of the molecule is CCC(F)(F)P(=O)(O)OOCCOCCOc1ccc(CCc2cnc3c(N)nc4cc(C)ccc4c3c2)c(C)c1. The first-order valence-corrected chi connectivity index (χ1v) is 14.8. The second kappa shape index (κ2) is 13.2. The van der Waals surface area contributed by atoms with E-state index < -0.39 is 19.7 Å². The van der Waals surface area contributed by atoms with E-state index in [2.05, 4.69) is 37.7 Å². The van der Waals surface area contributed by atoms with Crippen molar-refractivity contribution in [2.75, 3.05) is 32.2 Å². The first kappa shape index (κ1) is 30.7. The van der Waals surface area contributed by atoms with Crippen LogP contribution in [0.2, 0.25) is 0 Å². The molecule has 41 heavy (non-hydrogen) atoms. The third-order valence-electron chi connectivity index (χ3n) is 6.67. The van der Waals surface area contributed by atoms with E-state index in [1.807, 2.05) is 44.3 Å². The fourth-order valence-corrected chi connectivity index (χ4v) is 5.02. The summed E-state index contributed by atoms with van der Waals surface area (Å²) in [4.78, 5) is 22.8. The Morgan fingerprint density at radius 3 is 2.54 bits per heavy atom. The van der Waals surface area contributed by atoms with Crippen molar-refractivity contribution in [3.8, 4) is 5.75 Å². The van der Waals surface area contributed by atoms with Gasteiger partial charge in [0.1, 0.15) is 24.5 Å². The van der Waals surface area contributed by atoms with Gasteiger partial charge in [-0.2, -0.15) is 8.78 Å². The number of nitrogens with two attached hydrogens (primary N) is 1. The lowest BCUT2D eigenvalue weighted by atomic mass is 9.99. The minimum atomic E-state index is -5.20. The van der Waals surface area contributed by atoms with Crippen molar-refractivity contribution in [3.05, 3.63) is 70.9 Å². The monoisotopic (exact) mass is 589 g/mol. The number of rotatable bonds is 14. The molecule has 0 fully saturated rings. The van der Waals surface area contributed by atoms with Crippen molar-refractivity contribution >= 4 is 35.2 Å². The van der Waals surface area contributed by atoms with Gasteiger partial charge in [0.05, 0.1) is 18.7 Å². The van der Waals surface area contributed by atoms with Crippen LogP contribution in [0, 0.1) is 13.8 Å². The summed E-state index contributed by atoms with van der Waals surface area (Å²) in [5, 5.41) is 2.03. The summed E-state index contributed by atoms with van der Waals surface area (Å²) in [7, 11) is -5.20. The molecule has 2 aromatic carbocycles. The molecule has 2 aromatic heterocycles. The maximum Gasteiger partial charge on any atom is 0.423 e. The summed E-state index contributed by atoms with van der Waals surface area (Å²) in [6.07, 6.45) is 2.65. The molecule has 1 atom stereocenters. The standard InChI is InChI=1S/C29H34F2N3O6P/c1-4-29(30,31)41(35,36)40-39-14-12-37-11-13-38-23-9-8-22(20(3)16-23)7-6-21-17-25-24-10-5-19(2)15-26(24)34-28(32)27(25)33-18-21/h5,8-10,15-18H,4,6-7,11-14H2,1-3H3,(H2,32,34)(H,35,36). The lowest BCUT2D eigenvalue weighted by molar-refractivity contribution is -0.229. The van der Waals surface area contributed by atoms with Crippen LogP contribution >= 0.6 is 7.60 Å². The number of nitrogen functional groups attached to an aromatic ring is 1. The number of pyridine rings is 2. The Morgan fingerprint density at radius 2 is 1.78 bits per heavy atom. The van der Waals surface area contributed by atoms with Crippen molar-refractivity contribution < 1.29 is 37.3 Å². The molecule has 0 saturated carbocycles. The largest absolute Gasteiger partial charge is 0.491 e. The lowest BCUT2D eigenvalue weighted by Crippen LogP contribution is -2.18. The molecule has 0 aliphatic carbocycles. The van der Waals surface area contributed by atoms with E-state index in [0.717, 1.165) is 52.7 Å². The van der Waals surface area contributed by atoms with Crippen molar-refractivity contribution in [1.29, 1.82) is 0 Å². The normalized spacial score (nSPS) is 13.5. The Morgan fingerprint density at radius 1 is 1.00 bits per heavy atom. The second-order valence-corrected chi connectivity index (χ2v) is 11.6. The zero-order valence-corrected chi connectivity index (χ0v) is 24.1. The molecule has 220 valence electrons. The lowest BCUT2D eigenvalue weighted by Gasteiger charge is -2.19. The number of nitrogens with zero attached hydrogens (tertiary/aromatic N) is 2. The molecule has 3 N–H and O–H groups in total. The third-order valence-corrected chi connectivity index (χ3v) is 8.12. The molecule has 12 heteroatoms. The fraction of sp³-hybridized carbons (Fsp3) is 0.379. The van der Waals surface area contributed by atoms with Gasteiger partial charge in [-0.05, 0) is 73.2 Å². The van der Waals surface area contributed by atoms with Gasteiger partial charge >= 0.3 is 13.3 Å². The van der Waals surface area contributed by atoms with Crippen molar-refractivity contribution in [3.63, 3.8) is 0 Å². The minimum absolute atomic E-state index is 0.0266. The van der Waals surface area contributed by atoms with Gasteiger partial charge in [0.15, 0.2) is 5.82 Å². The van der Waals surface area contributed by atoms with Gasteiger partial charge in [-0.1, -0.05) is 25.1 Å². The third kappa shape index (κ3) is 7.55. The van der Waals surface area contributed by atoms with Crippen molar-refractivity contribution in [1.82, 2.24) is 9.97 Å². The first-order chi connectivity index (χ1) is 19.5. The van der Waals surface area contributed by atoms with E-state index in [9.17, 15) is 18.2 Å². The second-order valence-electron chi connectivity index (χ2n) is 9.74. The van der Waals surface area contributed by atoms with Gasteiger partial charge in [0.2, 0.25) is 0 Å². The molecule has 1 unspecified atom stereocenters. The van der Waals surface area contributed by atoms with Gasteiger partial charge < -0.3 is 20.1 Å². The van der Waals surface area contributed by atoms with Gasteiger partial charge in [-0.25, -0.2) is 9.87 Å². The van der Waals surface area contributed by atoms with Gasteiger partial charge in [0.25, 0.3) is 0 Å². The molecular weight excluding hydrogens is 555 g/mol. The molecule has 0 bridgehead atoms. The number of fused-ring (bicyclic) bond motifs is 3. The molecule has 0 spiro atoms. The van der Waals surface area contributed by atoms with Crippen LogP contribution in [-0.4, -0.2) is 47.0 Å². The number of aryl methyl sites for hydroxylation is 4. The predicted octanol–water partition coefficient (Wildman–Crippen LogP) is 6.30. The Labute approximate surface area is 237 Å². The van der Waals surface area contributed by atoms with Crippen molar-refractivity contribution in [2.24, 2.45) is 0 Å². The maximum absolute atomic E-state index is 13.3. The summed E-state index contributed by atoms with van der Waals surface area (Å²) in [6, 6.07) is 14.2. The highest BCUT2D eigenvalue weighted by molar-refractivity contribution is 7.54. The molecule has 4 aromatic rings. The Bertz CT molecular complexity index is 1570. The Hall–Kier alpha value is -3.21. The number of aromatic nitrogens is 2. The molecule has 0 radical (unpaired) electrons. The summed E-state index contributed by atoms with van der Waals surface area (Å²) >= 11 is 0. The molecule has 2 heterocycles. The highest BCUT2D eigenvalue weighted by atomic mass is 31.2. The molecule has 0 aliphatic heterocycles. The molecule has 9 nitrogen and oxygen atoms in total. The first-order valence-electron chi connectivity index (χ1n) is 13.3. The highest BCUT2D eigenvalue weighted by Gasteiger charge is 2.50. The van der Waals surface area contributed by atoms with E-state index in [4.69, 9.17) is 15.2 Å². The number of anilines is 1. The van der Waals surface area contributed by atoms with Crippen LogP contribution in [-0.2, 0) is 31.7 Å². The molecule has 0 aliphatic rings. The average molecular weight is 590 g/mol. The molecule has 0 amide bonds. The number of halogens is 2. The molecular formula is C29H34F2N3O6P. The fourth-order valence-electron chi connectivity index (χ4n) is 4.29. The zero-order valence-electron chi connectivity index (χ0n) is 23.2. The number of hydrogen-bond acceptors (Lipinski definition) is 8. The van der Waals surface area contributed by atoms with Gasteiger partial charge in [-0.3, -0.25) is 9.55 Å². The summed E-state index contributed by atoms with van der Waals surface area (Å²) in [5.41, 5.74) is 8.40. The number of benzene rings is 2. The summed E-state index contributed by atoms with van der Waals surface area (Å²) < 4.78 is 53.0. The number of alkyl halides is 2. The van der Waals surface area contributed by atoms with Crippen LogP contribution in [0.5, 0.6) is 5.75 Å². The van der Waals surface area contributed by atoms with E-state index in [0.29, 0.717) is 17.1 Å². The van der Waals surface area contributed by atoms with E-state index in [-0.39, 0.29) is 26.4 Å². The van der Waals surface area contributed by atoms with E-state index in [1.54, 1.807) is 0 Å². The Balaban J connectivity index is 1.24. The topological polar surface area (TPSA) is 126 Å². The zero-order chi connectivity index (χ0) is 29.6. The van der Waals surface area contributed by atoms with Gasteiger partial charge in [-0.15, -0.1) is 4.67 Å².